The number of carbonyl (C=O) groups excluding carboxylic acids is 1. The van der Waals surface area contributed by atoms with Gasteiger partial charge in [0, 0.05) is 11.3 Å². The van der Waals surface area contributed by atoms with Crippen molar-refractivity contribution >= 4 is 52.1 Å². The first-order valence-electron chi connectivity index (χ1n) is 8.65. The van der Waals surface area contributed by atoms with E-state index < -0.39 is 5.91 Å². The molecule has 2 aromatic carbocycles. The highest BCUT2D eigenvalue weighted by molar-refractivity contribution is 7.80. The second kappa shape index (κ2) is 8.78. The number of nitrogens with one attached hydrogen (secondary N) is 2. The van der Waals surface area contributed by atoms with E-state index in [1.807, 2.05) is 25.1 Å². The Hall–Kier alpha value is -2.34. The van der Waals surface area contributed by atoms with Gasteiger partial charge in [-0.05, 0) is 67.0 Å². The Balaban J connectivity index is 1.71. The van der Waals surface area contributed by atoms with Gasteiger partial charge in [-0.25, -0.2) is 0 Å². The smallest absolute Gasteiger partial charge is 0.293 e. The maximum atomic E-state index is 12.5. The fourth-order valence-corrected chi connectivity index (χ4v) is 3.27. The van der Waals surface area contributed by atoms with Crippen molar-refractivity contribution in [2.24, 2.45) is 0 Å². The van der Waals surface area contributed by atoms with Crippen molar-refractivity contribution in [1.82, 2.24) is 5.32 Å². The molecule has 0 aliphatic carbocycles. The summed E-state index contributed by atoms with van der Waals surface area (Å²) in [5.41, 5.74) is 3.81. The van der Waals surface area contributed by atoms with Crippen molar-refractivity contribution in [3.8, 4) is 11.3 Å². The van der Waals surface area contributed by atoms with Crippen molar-refractivity contribution < 1.29 is 9.21 Å². The van der Waals surface area contributed by atoms with Gasteiger partial charge >= 0.3 is 0 Å². The highest BCUT2D eigenvalue weighted by Crippen LogP contribution is 2.29. The fourth-order valence-electron chi connectivity index (χ4n) is 2.78. The Morgan fingerprint density at radius 2 is 1.89 bits per heavy atom. The molecule has 0 aliphatic rings. The van der Waals surface area contributed by atoms with Gasteiger partial charge in [-0.2, -0.15) is 0 Å². The van der Waals surface area contributed by atoms with Crippen molar-refractivity contribution in [2.75, 3.05) is 5.32 Å². The summed E-state index contributed by atoms with van der Waals surface area (Å²) in [5.74, 6) is 0.218. The summed E-state index contributed by atoms with van der Waals surface area (Å²) < 4.78 is 5.64. The van der Waals surface area contributed by atoms with Crippen LogP contribution in [0.25, 0.3) is 11.3 Å². The van der Waals surface area contributed by atoms with E-state index in [1.165, 1.54) is 0 Å². The van der Waals surface area contributed by atoms with Crippen LogP contribution in [0.2, 0.25) is 10.0 Å². The number of furan rings is 1. The average Bonchev–Trinajstić information content (AvgIpc) is 3.16. The maximum absolute atomic E-state index is 12.5. The van der Waals surface area contributed by atoms with Crippen LogP contribution in [-0.4, -0.2) is 11.0 Å². The Morgan fingerprint density at radius 1 is 1.11 bits per heavy atom. The van der Waals surface area contributed by atoms with Crippen LogP contribution in [0.4, 0.5) is 5.69 Å². The second-order valence-corrected chi connectivity index (χ2v) is 7.39. The molecule has 1 heterocycles. The molecule has 0 aliphatic heterocycles. The number of hydrogen-bond acceptors (Lipinski definition) is 3. The lowest BCUT2D eigenvalue weighted by Gasteiger charge is -2.14. The van der Waals surface area contributed by atoms with Gasteiger partial charge in [0.2, 0.25) is 0 Å². The van der Waals surface area contributed by atoms with Crippen LogP contribution in [0.15, 0.2) is 52.9 Å². The number of hydrogen-bond donors (Lipinski definition) is 2. The Kier molecular flexibility index (Phi) is 6.39. The fraction of sp³-hybridized carbons (Fsp3) is 0.143. The number of thiocarbonyl (C=S) groups is 1. The van der Waals surface area contributed by atoms with E-state index >= 15 is 0 Å². The number of amides is 1. The van der Waals surface area contributed by atoms with Crippen LogP contribution in [0, 0.1) is 6.92 Å². The number of aryl methyl sites for hydroxylation is 2. The van der Waals surface area contributed by atoms with Crippen molar-refractivity contribution in [3.05, 3.63) is 75.5 Å². The third kappa shape index (κ3) is 4.55. The first-order valence-corrected chi connectivity index (χ1v) is 9.81. The van der Waals surface area contributed by atoms with Crippen molar-refractivity contribution in [2.45, 2.75) is 20.3 Å². The maximum Gasteiger partial charge on any atom is 0.293 e. The number of carbonyl (C=O) groups is 1. The molecular weight excluding hydrogens is 415 g/mol. The average molecular weight is 433 g/mol. The van der Waals surface area contributed by atoms with Crippen LogP contribution in [0.1, 0.15) is 28.6 Å². The molecule has 3 rings (SSSR count). The normalized spacial score (nSPS) is 10.6. The van der Waals surface area contributed by atoms with Gasteiger partial charge in [0.15, 0.2) is 10.9 Å². The molecule has 144 valence electrons. The summed E-state index contributed by atoms with van der Waals surface area (Å²) in [6.45, 7) is 4.05. The van der Waals surface area contributed by atoms with Gasteiger partial charge in [-0.1, -0.05) is 48.3 Å². The zero-order chi connectivity index (χ0) is 20.3. The Bertz CT molecular complexity index is 1050. The molecule has 0 saturated carbocycles. The zero-order valence-electron chi connectivity index (χ0n) is 15.3. The third-order valence-electron chi connectivity index (χ3n) is 4.24. The molecule has 1 aromatic heterocycles. The molecule has 0 saturated heterocycles. The van der Waals surface area contributed by atoms with Crippen LogP contribution in [0.3, 0.4) is 0 Å². The van der Waals surface area contributed by atoms with E-state index in [-0.39, 0.29) is 10.9 Å². The first kappa shape index (κ1) is 20.4. The van der Waals surface area contributed by atoms with E-state index in [9.17, 15) is 4.79 Å². The standard InChI is InChI=1S/C21H18Cl2N2O2S/c1-3-13-6-4-5-12(2)19(13)24-21(28)25-20(26)18-10-9-17(27-18)14-7-8-15(22)16(23)11-14/h4-11H,3H2,1-2H3,(H2,24,25,26,28). The highest BCUT2D eigenvalue weighted by atomic mass is 35.5. The molecule has 0 fully saturated rings. The monoisotopic (exact) mass is 432 g/mol. The van der Waals surface area contributed by atoms with Crippen LogP contribution >= 0.6 is 35.4 Å². The first-order chi connectivity index (χ1) is 13.4. The number of para-hydroxylation sites is 1. The lowest BCUT2D eigenvalue weighted by atomic mass is 10.1. The van der Waals surface area contributed by atoms with Gasteiger partial charge < -0.3 is 9.73 Å². The van der Waals surface area contributed by atoms with Crippen molar-refractivity contribution in [3.63, 3.8) is 0 Å². The SMILES string of the molecule is CCc1cccc(C)c1NC(=S)NC(=O)c1ccc(-c2ccc(Cl)c(Cl)c2)o1. The van der Waals surface area contributed by atoms with Gasteiger partial charge in [0.1, 0.15) is 5.76 Å². The zero-order valence-corrected chi connectivity index (χ0v) is 17.6. The number of halogens is 2. The second-order valence-electron chi connectivity index (χ2n) is 6.16. The van der Waals surface area contributed by atoms with Crippen LogP contribution < -0.4 is 10.6 Å². The summed E-state index contributed by atoms with van der Waals surface area (Å²) >= 11 is 17.3. The van der Waals surface area contributed by atoms with Gasteiger partial charge in [0.25, 0.3) is 5.91 Å². The minimum Gasteiger partial charge on any atom is -0.451 e. The minimum absolute atomic E-state index is 0.144. The summed E-state index contributed by atoms with van der Waals surface area (Å²) in [4.78, 5) is 12.5. The largest absolute Gasteiger partial charge is 0.451 e. The van der Waals surface area contributed by atoms with Gasteiger partial charge in [-0.3, -0.25) is 10.1 Å². The molecule has 0 spiro atoms. The van der Waals surface area contributed by atoms with E-state index in [2.05, 4.69) is 17.6 Å². The summed E-state index contributed by atoms with van der Waals surface area (Å²) in [5, 5.41) is 6.83. The Morgan fingerprint density at radius 3 is 2.61 bits per heavy atom. The predicted octanol–water partition coefficient (Wildman–Crippen LogP) is 6.25. The number of anilines is 1. The summed E-state index contributed by atoms with van der Waals surface area (Å²) in [6, 6.07) is 14.4. The van der Waals surface area contributed by atoms with Crippen LogP contribution in [0.5, 0.6) is 0 Å². The van der Waals surface area contributed by atoms with Gasteiger partial charge in [0.05, 0.1) is 10.0 Å². The van der Waals surface area contributed by atoms with Gasteiger partial charge in [-0.15, -0.1) is 0 Å². The molecule has 28 heavy (non-hydrogen) atoms. The molecule has 7 heteroatoms. The molecular formula is C21H18Cl2N2O2S. The summed E-state index contributed by atoms with van der Waals surface area (Å²) in [6.07, 6.45) is 0.853. The predicted molar refractivity (Wildman–Crippen MR) is 118 cm³/mol. The minimum atomic E-state index is -0.435. The quantitative estimate of drug-likeness (QED) is 0.478. The Labute approximate surface area is 178 Å². The van der Waals surface area contributed by atoms with E-state index in [4.69, 9.17) is 39.8 Å². The molecule has 3 aromatic rings. The molecule has 0 bridgehead atoms. The lowest BCUT2D eigenvalue weighted by Crippen LogP contribution is -2.34. The molecule has 0 atom stereocenters. The molecule has 0 unspecified atom stereocenters. The van der Waals surface area contributed by atoms with E-state index in [0.29, 0.717) is 15.8 Å². The third-order valence-corrected chi connectivity index (χ3v) is 5.18. The molecule has 1 amide bonds. The molecule has 2 N–H and O–H groups in total. The molecule has 0 radical (unpaired) electrons. The van der Waals surface area contributed by atoms with E-state index in [0.717, 1.165) is 28.8 Å². The summed E-state index contributed by atoms with van der Waals surface area (Å²) in [7, 11) is 0. The highest BCUT2D eigenvalue weighted by Gasteiger charge is 2.15. The van der Waals surface area contributed by atoms with Crippen LogP contribution in [-0.2, 0) is 6.42 Å². The van der Waals surface area contributed by atoms with Crippen molar-refractivity contribution in [1.29, 1.82) is 0 Å². The number of rotatable bonds is 4. The van der Waals surface area contributed by atoms with E-state index in [1.54, 1.807) is 30.3 Å². The number of benzene rings is 2. The topological polar surface area (TPSA) is 54.3 Å². The molecule has 4 nitrogen and oxygen atoms in total. The lowest BCUT2D eigenvalue weighted by molar-refractivity contribution is 0.0951.